The van der Waals surface area contributed by atoms with Gasteiger partial charge < -0.3 is 9.90 Å². The van der Waals surface area contributed by atoms with E-state index >= 15 is 0 Å². The molecule has 9 heavy (non-hydrogen) atoms. The third-order valence-electron chi connectivity index (χ3n) is 0.691. The Hall–Kier alpha value is 0.0101. The van der Waals surface area contributed by atoms with Crippen molar-refractivity contribution < 1.29 is 40.5 Å². The van der Waals surface area contributed by atoms with Crippen molar-refractivity contribution in [2.45, 2.75) is 19.8 Å². The van der Waals surface area contributed by atoms with E-state index in [0.717, 1.165) is 0 Å². The smallest absolute Gasteiger partial charge is 0.303 e. The first-order valence-corrected chi connectivity index (χ1v) is 2.34. The molecule has 0 bridgehead atoms. The molecule has 3 nitrogen and oxygen atoms in total. The van der Waals surface area contributed by atoms with Crippen molar-refractivity contribution in [3.8, 4) is 0 Å². The Balaban J connectivity index is 0. The van der Waals surface area contributed by atoms with Gasteiger partial charge >= 0.3 is 5.97 Å². The van der Waals surface area contributed by atoms with Gasteiger partial charge in [-0.1, -0.05) is 0 Å². The monoisotopic (exact) mass is 161 g/mol. The molecule has 49 valence electrons. The van der Waals surface area contributed by atoms with Crippen molar-refractivity contribution in [1.29, 1.82) is 0 Å². The molecule has 0 spiro atoms. The fraction of sp³-hybridized carbons (Fsp3) is 0.600. The zero-order valence-corrected chi connectivity index (χ0v) is 7.06. The van der Waals surface area contributed by atoms with E-state index in [9.17, 15) is 9.59 Å². The number of hydrogen-bond acceptors (Lipinski definition) is 2. The molecule has 0 aromatic carbocycles. The van der Waals surface area contributed by atoms with Gasteiger partial charge in [0.15, 0.2) is 0 Å². The number of hydrogen-bond donors (Lipinski definition) is 1. The summed E-state index contributed by atoms with van der Waals surface area (Å²) in [6.45, 7) is 1.38. The van der Waals surface area contributed by atoms with E-state index < -0.39 is 5.97 Å². The number of carboxylic acid groups (broad SMARTS) is 1. The molecular weight excluding hydrogens is 153 g/mol. The number of aliphatic carboxylic acids is 1. The maximum absolute atomic E-state index is 10.1. The molecular formula is C5H8O3Sc. The summed E-state index contributed by atoms with van der Waals surface area (Å²) < 4.78 is 0. The van der Waals surface area contributed by atoms with E-state index in [-0.39, 0.29) is 44.5 Å². The van der Waals surface area contributed by atoms with Crippen molar-refractivity contribution in [2.75, 3.05) is 0 Å². The van der Waals surface area contributed by atoms with Gasteiger partial charge in [0.1, 0.15) is 5.78 Å². The molecule has 0 heterocycles. The van der Waals surface area contributed by atoms with Crippen LogP contribution in [0, 0.1) is 0 Å². The number of carbonyl (C=O) groups excluding carboxylic acids is 1. The van der Waals surface area contributed by atoms with E-state index in [1.807, 2.05) is 0 Å². The van der Waals surface area contributed by atoms with Crippen LogP contribution in [0.5, 0.6) is 0 Å². The van der Waals surface area contributed by atoms with Crippen molar-refractivity contribution in [1.82, 2.24) is 0 Å². The Morgan fingerprint density at radius 1 is 1.33 bits per heavy atom. The van der Waals surface area contributed by atoms with Crippen LogP contribution in [0.1, 0.15) is 19.8 Å². The van der Waals surface area contributed by atoms with Crippen LogP contribution in [-0.2, 0) is 35.4 Å². The standard InChI is InChI=1S/C5H8O3.Sc/c1-4(6)2-3-5(7)8;/h2-3H2,1H3,(H,7,8);. The van der Waals surface area contributed by atoms with Gasteiger partial charge in [-0.2, -0.15) is 0 Å². The molecule has 1 radical (unpaired) electrons. The van der Waals surface area contributed by atoms with Crippen LogP contribution in [-0.4, -0.2) is 16.9 Å². The number of carboxylic acids is 1. The zero-order valence-electron chi connectivity index (χ0n) is 5.26. The molecule has 1 N–H and O–H groups in total. The Kier molecular flexibility index (Phi) is 8.02. The van der Waals surface area contributed by atoms with Crippen LogP contribution in [0.25, 0.3) is 0 Å². The maximum Gasteiger partial charge on any atom is 0.303 e. The molecule has 0 aliphatic heterocycles. The first kappa shape index (κ1) is 11.8. The molecule has 0 amide bonds. The first-order valence-electron chi connectivity index (χ1n) is 2.34. The molecule has 0 atom stereocenters. The Morgan fingerprint density at radius 2 is 1.78 bits per heavy atom. The average Bonchev–Trinajstić information content (AvgIpc) is 1.61. The van der Waals surface area contributed by atoms with Crippen molar-refractivity contribution in [3.05, 3.63) is 0 Å². The topological polar surface area (TPSA) is 54.4 Å². The van der Waals surface area contributed by atoms with Gasteiger partial charge in [0.2, 0.25) is 0 Å². The van der Waals surface area contributed by atoms with Gasteiger partial charge in [-0.05, 0) is 6.92 Å². The minimum absolute atomic E-state index is 0. The summed E-state index contributed by atoms with van der Waals surface area (Å²) >= 11 is 0. The summed E-state index contributed by atoms with van der Waals surface area (Å²) in [5.74, 6) is -0.993. The second-order valence-corrected chi connectivity index (χ2v) is 1.60. The van der Waals surface area contributed by atoms with Crippen molar-refractivity contribution >= 4 is 11.8 Å². The third kappa shape index (κ3) is 11.5. The normalized spacial score (nSPS) is 7.67. The molecule has 0 aliphatic carbocycles. The van der Waals surface area contributed by atoms with E-state index in [1.165, 1.54) is 6.92 Å². The van der Waals surface area contributed by atoms with Crippen LogP contribution in [0.15, 0.2) is 0 Å². The number of rotatable bonds is 3. The maximum atomic E-state index is 10.1. The Bertz CT molecular complexity index is 96.8. The second kappa shape index (κ2) is 6.13. The summed E-state index contributed by atoms with van der Waals surface area (Å²) in [7, 11) is 0. The Labute approximate surface area is 72.2 Å². The summed E-state index contributed by atoms with van der Waals surface area (Å²) in [4.78, 5) is 19.8. The average molecular weight is 161 g/mol. The summed E-state index contributed by atoms with van der Waals surface area (Å²) in [5, 5.41) is 8.01. The molecule has 0 saturated carbocycles. The van der Waals surface area contributed by atoms with Gasteiger partial charge in [-0.3, -0.25) is 4.79 Å². The SMILES string of the molecule is CC(=O)CCC(=O)O.[Sc]. The molecule has 0 aromatic rings. The second-order valence-electron chi connectivity index (χ2n) is 1.60. The molecule has 0 saturated heterocycles. The minimum Gasteiger partial charge on any atom is -0.481 e. The van der Waals surface area contributed by atoms with Crippen molar-refractivity contribution in [3.63, 3.8) is 0 Å². The largest absolute Gasteiger partial charge is 0.481 e. The Morgan fingerprint density at radius 3 is 1.89 bits per heavy atom. The zero-order chi connectivity index (χ0) is 6.57. The predicted molar refractivity (Wildman–Crippen MR) is 27.6 cm³/mol. The van der Waals surface area contributed by atoms with Gasteiger partial charge in [0.25, 0.3) is 0 Å². The first-order chi connectivity index (χ1) is 3.63. The van der Waals surface area contributed by atoms with Gasteiger partial charge in [-0.15, -0.1) is 0 Å². The molecule has 0 fully saturated rings. The van der Waals surface area contributed by atoms with Crippen LogP contribution in [0.4, 0.5) is 0 Å². The molecule has 0 aliphatic rings. The summed E-state index contributed by atoms with van der Waals surface area (Å²) in [6.07, 6.45) is 0.102. The van der Waals surface area contributed by atoms with E-state index in [4.69, 9.17) is 5.11 Å². The molecule has 0 rings (SSSR count). The third-order valence-corrected chi connectivity index (χ3v) is 0.691. The summed E-state index contributed by atoms with van der Waals surface area (Å²) in [6, 6.07) is 0. The van der Waals surface area contributed by atoms with Gasteiger partial charge in [0, 0.05) is 32.3 Å². The molecule has 0 aromatic heterocycles. The van der Waals surface area contributed by atoms with Crippen molar-refractivity contribution in [2.24, 2.45) is 0 Å². The van der Waals surface area contributed by atoms with E-state index in [1.54, 1.807) is 0 Å². The number of ketones is 1. The van der Waals surface area contributed by atoms with Crippen LogP contribution >= 0.6 is 0 Å². The minimum atomic E-state index is -0.916. The quantitative estimate of drug-likeness (QED) is 0.653. The van der Waals surface area contributed by atoms with Gasteiger partial charge in [-0.25, -0.2) is 0 Å². The van der Waals surface area contributed by atoms with Crippen LogP contribution < -0.4 is 0 Å². The molecule has 0 unspecified atom stereocenters. The van der Waals surface area contributed by atoms with E-state index in [2.05, 4.69) is 0 Å². The van der Waals surface area contributed by atoms with Gasteiger partial charge in [0.05, 0.1) is 6.42 Å². The fourth-order valence-electron chi connectivity index (χ4n) is 0.283. The predicted octanol–water partition coefficient (Wildman–Crippen LogP) is 0.438. The molecule has 4 heteroatoms. The summed E-state index contributed by atoms with van der Waals surface area (Å²) in [5.41, 5.74) is 0. The number of Topliss-reactive ketones (excluding diaryl/α,β-unsaturated/α-hetero) is 1. The van der Waals surface area contributed by atoms with Crippen LogP contribution in [0.2, 0.25) is 0 Å². The van der Waals surface area contributed by atoms with E-state index in [0.29, 0.717) is 0 Å². The number of carbonyl (C=O) groups is 2. The fourth-order valence-corrected chi connectivity index (χ4v) is 0.283. The van der Waals surface area contributed by atoms with Crippen LogP contribution in [0.3, 0.4) is 0 Å².